The van der Waals surface area contributed by atoms with Crippen LogP contribution in [0.5, 0.6) is 5.75 Å². The zero-order valence-corrected chi connectivity index (χ0v) is 14.5. The number of methoxy groups -OCH3 is 1. The fourth-order valence-electron chi connectivity index (χ4n) is 2.88. The van der Waals surface area contributed by atoms with Crippen molar-refractivity contribution in [2.24, 2.45) is 0 Å². The lowest BCUT2D eigenvalue weighted by Crippen LogP contribution is -2.42. The van der Waals surface area contributed by atoms with Crippen molar-refractivity contribution in [1.29, 1.82) is 0 Å². The molecule has 8 heteroatoms. The van der Waals surface area contributed by atoms with Gasteiger partial charge in [0.05, 0.1) is 18.8 Å². The van der Waals surface area contributed by atoms with Gasteiger partial charge in [-0.2, -0.15) is 0 Å². The molecule has 0 saturated carbocycles. The summed E-state index contributed by atoms with van der Waals surface area (Å²) < 4.78 is 15.6. The van der Waals surface area contributed by atoms with Gasteiger partial charge < -0.3 is 24.2 Å². The smallest absolute Gasteiger partial charge is 0.258 e. The van der Waals surface area contributed by atoms with Crippen LogP contribution in [0.15, 0.2) is 41.1 Å². The summed E-state index contributed by atoms with van der Waals surface area (Å²) in [5.74, 6) is 0.122. The molecule has 1 atom stereocenters. The zero-order chi connectivity index (χ0) is 18.4. The van der Waals surface area contributed by atoms with Gasteiger partial charge in [-0.1, -0.05) is 17.3 Å². The highest BCUT2D eigenvalue weighted by atomic mass is 16.5. The molecule has 1 aromatic heterocycles. The first-order valence-electron chi connectivity index (χ1n) is 8.41. The second-order valence-electron chi connectivity index (χ2n) is 5.95. The van der Waals surface area contributed by atoms with Crippen LogP contribution in [0.2, 0.25) is 0 Å². The lowest BCUT2D eigenvalue weighted by Gasteiger charge is -2.25. The van der Waals surface area contributed by atoms with Crippen LogP contribution in [0, 0.1) is 0 Å². The van der Waals surface area contributed by atoms with Crippen LogP contribution < -0.4 is 10.1 Å². The third-order valence-electron chi connectivity index (χ3n) is 4.11. The molecule has 1 fully saturated rings. The van der Waals surface area contributed by atoms with Crippen LogP contribution in [0.4, 0.5) is 5.82 Å². The molecule has 0 aliphatic carbocycles. The molecule has 0 unspecified atom stereocenters. The number of carbonyl (C=O) groups is 2. The van der Waals surface area contributed by atoms with Crippen molar-refractivity contribution in [3.63, 3.8) is 0 Å². The van der Waals surface area contributed by atoms with E-state index in [1.807, 2.05) is 0 Å². The average molecular weight is 359 g/mol. The van der Waals surface area contributed by atoms with Crippen LogP contribution in [0.3, 0.4) is 0 Å². The van der Waals surface area contributed by atoms with Crippen molar-refractivity contribution in [1.82, 2.24) is 10.1 Å². The fourth-order valence-corrected chi connectivity index (χ4v) is 2.88. The molecule has 138 valence electrons. The third-order valence-corrected chi connectivity index (χ3v) is 4.11. The maximum atomic E-state index is 13.0. The summed E-state index contributed by atoms with van der Waals surface area (Å²) in [5.41, 5.74) is 0.405. The molecule has 2 aromatic rings. The molecular weight excluding hydrogens is 338 g/mol. The highest BCUT2D eigenvalue weighted by molar-refractivity contribution is 6.00. The van der Waals surface area contributed by atoms with Crippen molar-refractivity contribution in [2.45, 2.75) is 18.9 Å². The van der Waals surface area contributed by atoms with Crippen LogP contribution in [-0.2, 0) is 9.53 Å². The predicted octanol–water partition coefficient (Wildman–Crippen LogP) is 1.94. The van der Waals surface area contributed by atoms with E-state index in [2.05, 4.69) is 10.5 Å². The number of hydrogen-bond donors (Lipinski definition) is 1. The molecule has 0 bridgehead atoms. The van der Waals surface area contributed by atoms with Crippen molar-refractivity contribution in [2.75, 3.05) is 32.1 Å². The van der Waals surface area contributed by atoms with Gasteiger partial charge in [0.1, 0.15) is 18.6 Å². The monoisotopic (exact) mass is 359 g/mol. The number of ether oxygens (including phenoxy) is 2. The molecule has 8 nitrogen and oxygen atoms in total. The normalized spacial score (nSPS) is 16.3. The van der Waals surface area contributed by atoms with Crippen LogP contribution in [0.1, 0.15) is 23.2 Å². The summed E-state index contributed by atoms with van der Waals surface area (Å²) in [6, 6.07) is 8.48. The van der Waals surface area contributed by atoms with Gasteiger partial charge in [0, 0.05) is 19.2 Å². The van der Waals surface area contributed by atoms with Crippen molar-refractivity contribution >= 4 is 17.6 Å². The van der Waals surface area contributed by atoms with Crippen molar-refractivity contribution in [3.8, 4) is 5.75 Å². The van der Waals surface area contributed by atoms with E-state index in [1.165, 1.54) is 24.3 Å². The lowest BCUT2D eigenvalue weighted by molar-refractivity contribution is -0.117. The van der Waals surface area contributed by atoms with Crippen LogP contribution >= 0.6 is 0 Å². The highest BCUT2D eigenvalue weighted by Gasteiger charge is 2.27. The lowest BCUT2D eigenvalue weighted by atomic mass is 10.1. The van der Waals surface area contributed by atoms with E-state index in [0.29, 0.717) is 30.3 Å². The molecule has 0 spiro atoms. The Kier molecular flexibility index (Phi) is 5.85. The van der Waals surface area contributed by atoms with E-state index in [-0.39, 0.29) is 24.5 Å². The van der Waals surface area contributed by atoms with E-state index in [0.717, 1.165) is 12.8 Å². The number of aromatic nitrogens is 1. The SMILES string of the molecule is COc1ccccc1C(=O)N(CC(=O)Nc1ccon1)C[C@@H]1CCCO1. The summed E-state index contributed by atoms with van der Waals surface area (Å²) in [5, 5.41) is 6.24. The first kappa shape index (κ1) is 17.9. The van der Waals surface area contributed by atoms with Crippen LogP contribution in [-0.4, -0.2) is 54.8 Å². The van der Waals surface area contributed by atoms with Gasteiger partial charge >= 0.3 is 0 Å². The van der Waals surface area contributed by atoms with E-state index < -0.39 is 0 Å². The van der Waals surface area contributed by atoms with Gasteiger partial charge in [0.2, 0.25) is 5.91 Å². The van der Waals surface area contributed by atoms with E-state index >= 15 is 0 Å². The Morgan fingerprint density at radius 2 is 2.19 bits per heavy atom. The number of para-hydroxylation sites is 1. The Hall–Kier alpha value is -2.87. The van der Waals surface area contributed by atoms with E-state index in [4.69, 9.17) is 14.0 Å². The molecule has 26 heavy (non-hydrogen) atoms. The Morgan fingerprint density at radius 1 is 1.35 bits per heavy atom. The molecular formula is C18H21N3O5. The first-order chi connectivity index (χ1) is 12.7. The Labute approximate surface area is 151 Å². The average Bonchev–Trinajstić information content (AvgIpc) is 3.34. The largest absolute Gasteiger partial charge is 0.496 e. The maximum absolute atomic E-state index is 13.0. The molecule has 1 N–H and O–H groups in total. The Bertz CT molecular complexity index is 741. The molecule has 0 radical (unpaired) electrons. The number of rotatable bonds is 7. The number of hydrogen-bond acceptors (Lipinski definition) is 6. The zero-order valence-electron chi connectivity index (χ0n) is 14.5. The first-order valence-corrected chi connectivity index (χ1v) is 8.41. The third kappa shape index (κ3) is 4.40. The van der Waals surface area contributed by atoms with Gasteiger partial charge in [-0.25, -0.2) is 0 Å². The predicted molar refractivity (Wildman–Crippen MR) is 93.0 cm³/mol. The fraction of sp³-hybridized carbons (Fsp3) is 0.389. The van der Waals surface area contributed by atoms with E-state index in [9.17, 15) is 9.59 Å². The highest BCUT2D eigenvalue weighted by Crippen LogP contribution is 2.21. The summed E-state index contributed by atoms with van der Waals surface area (Å²) >= 11 is 0. The topological polar surface area (TPSA) is 93.9 Å². The van der Waals surface area contributed by atoms with Gasteiger partial charge in [-0.05, 0) is 25.0 Å². The molecule has 1 aliphatic heterocycles. The van der Waals surface area contributed by atoms with Crippen molar-refractivity contribution < 1.29 is 23.6 Å². The van der Waals surface area contributed by atoms with Gasteiger partial charge in [-0.3, -0.25) is 9.59 Å². The number of nitrogens with zero attached hydrogens (tertiary/aromatic N) is 2. The minimum Gasteiger partial charge on any atom is -0.496 e. The summed E-state index contributed by atoms with van der Waals surface area (Å²) in [7, 11) is 1.51. The molecule has 1 aliphatic rings. The van der Waals surface area contributed by atoms with E-state index in [1.54, 1.807) is 24.3 Å². The van der Waals surface area contributed by atoms with Gasteiger partial charge in [0.25, 0.3) is 5.91 Å². The number of amides is 2. The number of carbonyl (C=O) groups excluding carboxylic acids is 2. The maximum Gasteiger partial charge on any atom is 0.258 e. The quantitative estimate of drug-likeness (QED) is 0.812. The number of benzene rings is 1. The molecule has 2 amide bonds. The van der Waals surface area contributed by atoms with Gasteiger partial charge in [-0.15, -0.1) is 0 Å². The van der Waals surface area contributed by atoms with Crippen molar-refractivity contribution in [3.05, 3.63) is 42.2 Å². The number of anilines is 1. The Morgan fingerprint density at radius 3 is 2.88 bits per heavy atom. The summed E-state index contributed by atoms with van der Waals surface area (Å²) in [6.45, 7) is 0.888. The Balaban J connectivity index is 1.75. The number of nitrogens with one attached hydrogen (secondary N) is 1. The molecule has 1 aromatic carbocycles. The standard InChI is InChI=1S/C18H21N3O5/c1-24-15-7-3-2-6-14(15)18(23)21(11-13-5-4-9-25-13)12-17(22)19-16-8-10-26-20-16/h2-3,6-8,10,13H,4-5,9,11-12H2,1H3,(H,19,20,22)/t13-/m0/s1. The summed E-state index contributed by atoms with van der Waals surface area (Å²) in [4.78, 5) is 26.8. The second-order valence-corrected chi connectivity index (χ2v) is 5.95. The minimum absolute atomic E-state index is 0.0755. The summed E-state index contributed by atoms with van der Waals surface area (Å²) in [6.07, 6.45) is 3.10. The molecule has 1 saturated heterocycles. The molecule has 3 rings (SSSR count). The minimum atomic E-state index is -0.361. The second kappa shape index (κ2) is 8.48. The van der Waals surface area contributed by atoms with Gasteiger partial charge in [0.15, 0.2) is 5.82 Å². The van der Waals surface area contributed by atoms with Crippen LogP contribution in [0.25, 0.3) is 0 Å². The molecule has 2 heterocycles.